The van der Waals surface area contributed by atoms with Gasteiger partial charge in [-0.25, -0.2) is 4.39 Å². The molecule has 0 spiro atoms. The van der Waals surface area contributed by atoms with Crippen LogP contribution in [0.5, 0.6) is 5.75 Å². The van der Waals surface area contributed by atoms with E-state index in [4.69, 9.17) is 4.74 Å². The first-order chi connectivity index (χ1) is 14.9. The maximum Gasteiger partial charge on any atom is 0.311 e. The monoisotopic (exact) mass is 423 g/mol. The van der Waals surface area contributed by atoms with Gasteiger partial charge >= 0.3 is 5.69 Å². The Labute approximate surface area is 176 Å². The summed E-state index contributed by atoms with van der Waals surface area (Å²) in [6.45, 7) is 1.94. The third kappa shape index (κ3) is 5.41. The van der Waals surface area contributed by atoms with E-state index in [1.165, 1.54) is 42.5 Å². The second kappa shape index (κ2) is 9.49. The summed E-state index contributed by atoms with van der Waals surface area (Å²) in [6.07, 6.45) is 0. The number of ether oxygens (including phenoxy) is 1. The third-order valence-corrected chi connectivity index (χ3v) is 4.18. The lowest BCUT2D eigenvalue weighted by Crippen LogP contribution is -2.15. The van der Waals surface area contributed by atoms with Gasteiger partial charge in [0, 0.05) is 28.6 Å². The van der Waals surface area contributed by atoms with E-state index in [0.29, 0.717) is 11.4 Å². The van der Waals surface area contributed by atoms with Gasteiger partial charge in [0.05, 0.1) is 11.5 Å². The maximum absolute atomic E-state index is 13.3. The van der Waals surface area contributed by atoms with Gasteiger partial charge in [-0.1, -0.05) is 12.1 Å². The molecule has 0 aliphatic rings. The smallest absolute Gasteiger partial charge is 0.311 e. The van der Waals surface area contributed by atoms with Gasteiger partial charge in [0.2, 0.25) is 0 Å². The Morgan fingerprint density at radius 2 is 1.55 bits per heavy atom. The highest BCUT2D eigenvalue weighted by Crippen LogP contribution is 2.28. The first kappa shape index (κ1) is 21.4. The predicted molar refractivity (Wildman–Crippen MR) is 113 cm³/mol. The Hall–Kier alpha value is -4.27. The molecule has 0 heterocycles. The molecule has 2 amide bonds. The highest BCUT2D eigenvalue weighted by molar-refractivity contribution is 6.07. The lowest BCUT2D eigenvalue weighted by molar-refractivity contribution is -0.385. The van der Waals surface area contributed by atoms with Crippen molar-refractivity contribution in [3.63, 3.8) is 0 Å². The summed E-state index contributed by atoms with van der Waals surface area (Å²) < 4.78 is 18.5. The van der Waals surface area contributed by atoms with Crippen LogP contribution in [0.25, 0.3) is 0 Å². The van der Waals surface area contributed by atoms with Crippen molar-refractivity contribution >= 4 is 28.9 Å². The zero-order valence-corrected chi connectivity index (χ0v) is 16.4. The summed E-state index contributed by atoms with van der Waals surface area (Å²) in [5, 5.41) is 16.4. The highest BCUT2D eigenvalue weighted by Gasteiger charge is 2.19. The molecule has 0 bridgehead atoms. The van der Waals surface area contributed by atoms with Gasteiger partial charge < -0.3 is 15.4 Å². The first-order valence-corrected chi connectivity index (χ1v) is 9.27. The third-order valence-electron chi connectivity index (χ3n) is 4.18. The number of anilines is 2. The summed E-state index contributed by atoms with van der Waals surface area (Å²) in [7, 11) is 0. The van der Waals surface area contributed by atoms with E-state index in [1.54, 1.807) is 25.1 Å². The second-order valence-corrected chi connectivity index (χ2v) is 6.37. The van der Waals surface area contributed by atoms with E-state index in [1.807, 2.05) is 0 Å². The number of hydrogen-bond donors (Lipinski definition) is 2. The Bertz CT molecular complexity index is 1150. The van der Waals surface area contributed by atoms with Crippen LogP contribution in [-0.2, 0) is 0 Å². The number of halogens is 1. The number of nitro benzene ring substituents is 1. The molecule has 0 radical (unpaired) electrons. The van der Waals surface area contributed by atoms with Crippen LogP contribution >= 0.6 is 0 Å². The SMILES string of the molecule is CCOc1ccc(C(=O)Nc2cccc(C(=O)Nc3cccc(F)c3)c2)cc1[N+](=O)[O-]. The number of rotatable bonds is 7. The molecule has 0 aliphatic carbocycles. The number of carbonyl (C=O) groups is 2. The predicted octanol–water partition coefficient (Wildman–Crippen LogP) is 4.64. The molecule has 0 unspecified atom stereocenters. The number of nitrogens with zero attached hydrogens (tertiary/aromatic N) is 1. The zero-order valence-electron chi connectivity index (χ0n) is 16.4. The fourth-order valence-electron chi connectivity index (χ4n) is 2.79. The Morgan fingerprint density at radius 1 is 0.935 bits per heavy atom. The molecule has 0 fully saturated rings. The van der Waals surface area contributed by atoms with Crippen LogP contribution in [0.15, 0.2) is 66.7 Å². The zero-order chi connectivity index (χ0) is 22.4. The first-order valence-electron chi connectivity index (χ1n) is 9.27. The van der Waals surface area contributed by atoms with Crippen LogP contribution < -0.4 is 15.4 Å². The number of nitro groups is 1. The number of hydrogen-bond acceptors (Lipinski definition) is 5. The summed E-state index contributed by atoms with van der Waals surface area (Å²) >= 11 is 0. The van der Waals surface area contributed by atoms with Crippen molar-refractivity contribution in [1.29, 1.82) is 0 Å². The summed E-state index contributed by atoms with van der Waals surface area (Å²) in [5.74, 6) is -1.49. The standard InChI is InChI=1S/C22H18FN3O5/c1-2-31-20-10-9-15(12-19(20)26(29)30)22(28)24-17-7-3-5-14(11-17)21(27)25-18-8-4-6-16(23)13-18/h3-13H,2H2,1H3,(H,24,28)(H,25,27). The van der Waals surface area contributed by atoms with Crippen molar-refractivity contribution < 1.29 is 23.6 Å². The molecule has 8 nitrogen and oxygen atoms in total. The van der Waals surface area contributed by atoms with Gasteiger partial charge in [-0.05, 0) is 55.5 Å². The molecule has 0 saturated carbocycles. The number of carbonyl (C=O) groups excluding carboxylic acids is 2. The van der Waals surface area contributed by atoms with Crippen LogP contribution in [0.3, 0.4) is 0 Å². The Balaban J connectivity index is 1.76. The molecule has 3 aromatic rings. The minimum Gasteiger partial charge on any atom is -0.487 e. The minimum absolute atomic E-state index is 0.0600. The van der Waals surface area contributed by atoms with Crippen LogP contribution in [0.2, 0.25) is 0 Å². The molecule has 0 saturated heterocycles. The van der Waals surface area contributed by atoms with Crippen molar-refractivity contribution in [2.75, 3.05) is 17.2 Å². The molecule has 3 rings (SSSR count). The van der Waals surface area contributed by atoms with E-state index >= 15 is 0 Å². The number of nitrogens with one attached hydrogen (secondary N) is 2. The van der Waals surface area contributed by atoms with Gasteiger partial charge in [0.15, 0.2) is 5.75 Å². The van der Waals surface area contributed by atoms with Gasteiger partial charge in [-0.2, -0.15) is 0 Å². The lowest BCUT2D eigenvalue weighted by atomic mass is 10.1. The van der Waals surface area contributed by atoms with Crippen molar-refractivity contribution in [2.45, 2.75) is 6.92 Å². The van der Waals surface area contributed by atoms with Crippen LogP contribution in [0, 0.1) is 15.9 Å². The molecule has 31 heavy (non-hydrogen) atoms. The second-order valence-electron chi connectivity index (χ2n) is 6.37. The number of benzene rings is 3. The molecule has 2 N–H and O–H groups in total. The molecule has 9 heteroatoms. The maximum atomic E-state index is 13.3. The Morgan fingerprint density at radius 3 is 2.16 bits per heavy atom. The summed E-state index contributed by atoms with van der Waals surface area (Å²) in [6, 6.07) is 15.5. The van der Waals surface area contributed by atoms with Gasteiger partial charge in [-0.15, -0.1) is 0 Å². The fraction of sp³-hybridized carbons (Fsp3) is 0.0909. The quantitative estimate of drug-likeness (QED) is 0.425. The van der Waals surface area contributed by atoms with Crippen LogP contribution in [0.4, 0.5) is 21.5 Å². The molecular weight excluding hydrogens is 405 g/mol. The van der Waals surface area contributed by atoms with E-state index in [9.17, 15) is 24.1 Å². The highest BCUT2D eigenvalue weighted by atomic mass is 19.1. The van der Waals surface area contributed by atoms with Crippen molar-refractivity contribution in [1.82, 2.24) is 0 Å². The van der Waals surface area contributed by atoms with Crippen LogP contribution in [-0.4, -0.2) is 23.3 Å². The van der Waals surface area contributed by atoms with Gasteiger partial charge in [0.25, 0.3) is 11.8 Å². The molecule has 3 aromatic carbocycles. The van der Waals surface area contributed by atoms with Gasteiger partial charge in [-0.3, -0.25) is 19.7 Å². The van der Waals surface area contributed by atoms with Crippen LogP contribution in [0.1, 0.15) is 27.6 Å². The van der Waals surface area contributed by atoms with E-state index in [0.717, 1.165) is 6.07 Å². The fourth-order valence-corrected chi connectivity index (χ4v) is 2.79. The van der Waals surface area contributed by atoms with Crippen molar-refractivity contribution in [3.05, 3.63) is 93.8 Å². The number of amides is 2. The van der Waals surface area contributed by atoms with E-state index in [-0.39, 0.29) is 29.2 Å². The average Bonchev–Trinajstić information content (AvgIpc) is 2.74. The topological polar surface area (TPSA) is 111 Å². The molecule has 0 atom stereocenters. The molecule has 158 valence electrons. The van der Waals surface area contributed by atoms with Crippen molar-refractivity contribution in [3.8, 4) is 5.75 Å². The van der Waals surface area contributed by atoms with Crippen molar-refractivity contribution in [2.24, 2.45) is 0 Å². The lowest BCUT2D eigenvalue weighted by Gasteiger charge is -2.10. The summed E-state index contributed by atoms with van der Waals surface area (Å²) in [4.78, 5) is 35.6. The van der Waals surface area contributed by atoms with E-state index < -0.39 is 22.6 Å². The minimum atomic E-state index is -0.626. The summed E-state index contributed by atoms with van der Waals surface area (Å²) in [5.41, 5.74) is 0.580. The molecular formula is C22H18FN3O5. The van der Waals surface area contributed by atoms with Gasteiger partial charge in [0.1, 0.15) is 5.82 Å². The molecule has 0 aromatic heterocycles. The Kier molecular flexibility index (Phi) is 6.56. The molecule has 0 aliphatic heterocycles. The largest absolute Gasteiger partial charge is 0.487 e. The average molecular weight is 423 g/mol. The normalized spacial score (nSPS) is 10.3. The van der Waals surface area contributed by atoms with E-state index in [2.05, 4.69) is 10.6 Å².